The Morgan fingerprint density at radius 3 is 2.94 bits per heavy atom. The van der Waals surface area contributed by atoms with Crippen molar-refractivity contribution in [1.82, 2.24) is 10.2 Å². The van der Waals surface area contributed by atoms with Crippen LogP contribution in [0.2, 0.25) is 0 Å². The third kappa shape index (κ3) is 2.40. The lowest BCUT2D eigenvalue weighted by atomic mass is 10.1. The molecule has 1 amide bonds. The molecule has 2 aliphatic heterocycles. The molecule has 0 radical (unpaired) electrons. The normalized spacial score (nSPS) is 27.3. The molecule has 2 atom stereocenters. The summed E-state index contributed by atoms with van der Waals surface area (Å²) in [6.45, 7) is 2.62. The molecule has 3 rings (SSSR count). The first-order valence-electron chi connectivity index (χ1n) is 6.47. The number of nitrogens with zero attached hydrogens (tertiary/aromatic N) is 1. The number of carbonyl (C=O) groups excluding carboxylic acids is 1. The Balaban J connectivity index is 1.55. The van der Waals surface area contributed by atoms with E-state index in [0.717, 1.165) is 19.5 Å². The van der Waals surface area contributed by atoms with Gasteiger partial charge in [-0.05, 0) is 12.0 Å². The number of hydrogen-bond acceptors (Lipinski definition) is 3. The number of amides is 1. The molecular formula is C14H18N2O2. The van der Waals surface area contributed by atoms with Gasteiger partial charge in [0.05, 0.1) is 12.6 Å². The molecule has 0 unspecified atom stereocenters. The van der Waals surface area contributed by atoms with Crippen molar-refractivity contribution in [2.75, 3.05) is 19.8 Å². The van der Waals surface area contributed by atoms with Crippen LogP contribution in [0.4, 0.5) is 0 Å². The summed E-state index contributed by atoms with van der Waals surface area (Å²) in [7, 11) is 0. The summed E-state index contributed by atoms with van der Waals surface area (Å²) in [6, 6.07) is 11.0. The minimum atomic E-state index is 0.135. The number of fused-ring (bicyclic) bond motifs is 1. The van der Waals surface area contributed by atoms with Gasteiger partial charge in [-0.2, -0.15) is 0 Å². The molecule has 0 aliphatic carbocycles. The molecule has 0 saturated carbocycles. The van der Waals surface area contributed by atoms with Crippen LogP contribution in [0, 0.1) is 0 Å². The van der Waals surface area contributed by atoms with Crippen molar-refractivity contribution >= 4 is 5.91 Å². The van der Waals surface area contributed by atoms with Crippen LogP contribution in [-0.2, 0) is 16.1 Å². The zero-order chi connectivity index (χ0) is 12.4. The van der Waals surface area contributed by atoms with E-state index in [4.69, 9.17) is 4.74 Å². The molecule has 2 fully saturated rings. The predicted octanol–water partition coefficient (Wildman–Crippen LogP) is 0.776. The minimum absolute atomic E-state index is 0.135. The van der Waals surface area contributed by atoms with Gasteiger partial charge < -0.3 is 15.0 Å². The third-order valence-corrected chi connectivity index (χ3v) is 3.71. The van der Waals surface area contributed by atoms with E-state index in [0.29, 0.717) is 12.6 Å². The Morgan fingerprint density at radius 1 is 1.33 bits per heavy atom. The van der Waals surface area contributed by atoms with E-state index in [1.54, 1.807) is 0 Å². The number of benzene rings is 1. The van der Waals surface area contributed by atoms with E-state index in [2.05, 4.69) is 17.4 Å². The van der Waals surface area contributed by atoms with Crippen molar-refractivity contribution in [3.05, 3.63) is 35.9 Å². The largest absolute Gasteiger partial charge is 0.369 e. The van der Waals surface area contributed by atoms with Gasteiger partial charge >= 0.3 is 0 Å². The van der Waals surface area contributed by atoms with Crippen molar-refractivity contribution in [3.8, 4) is 0 Å². The van der Waals surface area contributed by atoms with Crippen molar-refractivity contribution in [2.24, 2.45) is 0 Å². The number of rotatable bonds is 3. The Kier molecular flexibility index (Phi) is 3.30. The Labute approximate surface area is 107 Å². The molecule has 1 aromatic rings. The number of hydrogen-bond donors (Lipinski definition) is 1. The number of ether oxygens (including phenoxy) is 1. The molecule has 2 saturated heterocycles. The average molecular weight is 246 g/mol. The van der Waals surface area contributed by atoms with Crippen LogP contribution in [0.5, 0.6) is 0 Å². The van der Waals surface area contributed by atoms with Crippen molar-refractivity contribution in [1.29, 1.82) is 0 Å². The Bertz CT molecular complexity index is 421. The van der Waals surface area contributed by atoms with Crippen LogP contribution in [0.25, 0.3) is 0 Å². The van der Waals surface area contributed by atoms with Crippen LogP contribution in [0.15, 0.2) is 30.3 Å². The van der Waals surface area contributed by atoms with Gasteiger partial charge in [0.2, 0.25) is 5.91 Å². The maximum absolute atomic E-state index is 11.7. The van der Waals surface area contributed by atoms with Gasteiger partial charge in [-0.1, -0.05) is 30.3 Å². The predicted molar refractivity (Wildman–Crippen MR) is 68.0 cm³/mol. The standard InChI is InChI=1S/C14H18N2O2/c17-14-10-18-9-13-6-12(8-16(13)14)15-7-11-4-2-1-3-5-11/h1-5,12-13,15H,6-10H2/t12-,13-/m1/s1. The van der Waals surface area contributed by atoms with E-state index in [-0.39, 0.29) is 18.6 Å². The zero-order valence-corrected chi connectivity index (χ0v) is 10.3. The molecule has 2 heterocycles. The first kappa shape index (κ1) is 11.7. The fraction of sp³-hybridized carbons (Fsp3) is 0.500. The van der Waals surface area contributed by atoms with Gasteiger partial charge in [0, 0.05) is 19.1 Å². The summed E-state index contributed by atoms with van der Waals surface area (Å²) in [4.78, 5) is 13.6. The maximum atomic E-state index is 11.7. The highest BCUT2D eigenvalue weighted by atomic mass is 16.5. The molecule has 96 valence electrons. The van der Waals surface area contributed by atoms with Crippen molar-refractivity contribution < 1.29 is 9.53 Å². The van der Waals surface area contributed by atoms with Gasteiger partial charge in [-0.3, -0.25) is 4.79 Å². The van der Waals surface area contributed by atoms with Gasteiger partial charge in [0.25, 0.3) is 0 Å². The Morgan fingerprint density at radius 2 is 2.17 bits per heavy atom. The quantitative estimate of drug-likeness (QED) is 0.857. The molecule has 0 aromatic heterocycles. The maximum Gasteiger partial charge on any atom is 0.248 e. The second-order valence-corrected chi connectivity index (χ2v) is 5.01. The lowest BCUT2D eigenvalue weighted by Crippen LogP contribution is -2.45. The van der Waals surface area contributed by atoms with Crippen molar-refractivity contribution in [2.45, 2.75) is 25.0 Å². The number of nitrogens with one attached hydrogen (secondary N) is 1. The molecule has 0 spiro atoms. The summed E-state index contributed by atoms with van der Waals surface area (Å²) in [5.41, 5.74) is 1.28. The fourth-order valence-corrected chi connectivity index (χ4v) is 2.75. The summed E-state index contributed by atoms with van der Waals surface area (Å²) in [6.07, 6.45) is 0.999. The molecule has 1 N–H and O–H groups in total. The summed E-state index contributed by atoms with van der Waals surface area (Å²) >= 11 is 0. The summed E-state index contributed by atoms with van der Waals surface area (Å²) in [5, 5.41) is 3.53. The average Bonchev–Trinajstić information content (AvgIpc) is 2.82. The first-order chi connectivity index (χ1) is 8.83. The third-order valence-electron chi connectivity index (χ3n) is 3.71. The van der Waals surface area contributed by atoms with Gasteiger partial charge in [-0.25, -0.2) is 0 Å². The molecule has 18 heavy (non-hydrogen) atoms. The highest BCUT2D eigenvalue weighted by Gasteiger charge is 2.37. The van der Waals surface area contributed by atoms with E-state index < -0.39 is 0 Å². The summed E-state index contributed by atoms with van der Waals surface area (Å²) in [5.74, 6) is 0.135. The van der Waals surface area contributed by atoms with Crippen LogP contribution in [-0.4, -0.2) is 42.6 Å². The molecule has 4 nitrogen and oxygen atoms in total. The van der Waals surface area contributed by atoms with Crippen LogP contribution >= 0.6 is 0 Å². The smallest absolute Gasteiger partial charge is 0.248 e. The zero-order valence-electron chi connectivity index (χ0n) is 10.3. The van der Waals surface area contributed by atoms with E-state index in [1.165, 1.54) is 5.56 Å². The second kappa shape index (κ2) is 5.08. The highest BCUT2D eigenvalue weighted by Crippen LogP contribution is 2.21. The lowest BCUT2D eigenvalue weighted by Gasteiger charge is -2.28. The second-order valence-electron chi connectivity index (χ2n) is 5.01. The van der Waals surface area contributed by atoms with Crippen molar-refractivity contribution in [3.63, 3.8) is 0 Å². The van der Waals surface area contributed by atoms with Crippen LogP contribution in [0.3, 0.4) is 0 Å². The van der Waals surface area contributed by atoms with Gasteiger partial charge in [0.15, 0.2) is 0 Å². The highest BCUT2D eigenvalue weighted by molar-refractivity contribution is 5.78. The molecule has 1 aromatic carbocycles. The monoisotopic (exact) mass is 246 g/mol. The SMILES string of the molecule is O=C1COC[C@H]2C[C@@H](NCc3ccccc3)CN12. The molecule has 2 aliphatic rings. The Hall–Kier alpha value is -1.39. The minimum Gasteiger partial charge on any atom is -0.369 e. The lowest BCUT2D eigenvalue weighted by molar-refractivity contribution is -0.145. The number of carbonyl (C=O) groups is 1. The topological polar surface area (TPSA) is 41.6 Å². The number of morpholine rings is 1. The van der Waals surface area contributed by atoms with Crippen LogP contribution in [0.1, 0.15) is 12.0 Å². The van der Waals surface area contributed by atoms with E-state index in [1.807, 2.05) is 23.1 Å². The first-order valence-corrected chi connectivity index (χ1v) is 6.47. The van der Waals surface area contributed by atoms with E-state index >= 15 is 0 Å². The van der Waals surface area contributed by atoms with Gasteiger partial charge in [-0.15, -0.1) is 0 Å². The van der Waals surface area contributed by atoms with Crippen LogP contribution < -0.4 is 5.32 Å². The fourth-order valence-electron chi connectivity index (χ4n) is 2.75. The molecule has 0 bridgehead atoms. The van der Waals surface area contributed by atoms with E-state index in [9.17, 15) is 4.79 Å². The van der Waals surface area contributed by atoms with Gasteiger partial charge in [0.1, 0.15) is 6.61 Å². The summed E-state index contributed by atoms with van der Waals surface area (Å²) < 4.78 is 5.29. The molecule has 4 heteroatoms. The molecular weight excluding hydrogens is 228 g/mol.